The van der Waals surface area contributed by atoms with Crippen LogP contribution >= 0.6 is 0 Å². The molecule has 4 N–H and O–H groups in total. The molecule has 4 rings (SSSR count). The number of hydrogen-bond acceptors (Lipinski definition) is 7. The minimum Gasteiger partial charge on any atom is -0.508 e. The third-order valence-corrected chi connectivity index (χ3v) is 5.62. The number of nitrogens with one attached hydrogen (secondary N) is 1. The zero-order valence-electron chi connectivity index (χ0n) is 19.1. The number of carbonyl (C=O) groups is 3. The van der Waals surface area contributed by atoms with Crippen molar-refractivity contribution < 1.29 is 34.4 Å². The smallest absolute Gasteiger partial charge is 0.336 e. The average Bonchev–Trinajstić information content (AvgIpc) is 2.87. The lowest BCUT2D eigenvalue weighted by atomic mass is 10.00. The highest BCUT2D eigenvalue weighted by molar-refractivity contribution is 6.07. The van der Waals surface area contributed by atoms with Gasteiger partial charge in [-0.3, -0.25) is 4.79 Å². The highest BCUT2D eigenvalue weighted by Gasteiger charge is 2.25. The lowest BCUT2D eigenvalue weighted by Gasteiger charge is -2.17. The van der Waals surface area contributed by atoms with Gasteiger partial charge in [0.1, 0.15) is 23.2 Å². The minimum atomic E-state index is -1.25. The minimum absolute atomic E-state index is 0.0613. The molecule has 0 saturated carbocycles. The molecule has 0 spiro atoms. The average molecular weight is 486 g/mol. The summed E-state index contributed by atoms with van der Waals surface area (Å²) in [6, 6.07) is 17.7. The molecule has 1 heterocycles. The van der Waals surface area contributed by atoms with Crippen molar-refractivity contribution in [2.75, 3.05) is 7.11 Å². The van der Waals surface area contributed by atoms with Gasteiger partial charge in [-0.2, -0.15) is 0 Å². The predicted molar refractivity (Wildman–Crippen MR) is 131 cm³/mol. The molecule has 3 aromatic carbocycles. The normalized spacial score (nSPS) is 11.6. The van der Waals surface area contributed by atoms with Gasteiger partial charge in [0.2, 0.25) is 0 Å². The Kier molecular flexibility index (Phi) is 6.82. The molecule has 9 heteroatoms. The first-order chi connectivity index (χ1) is 17.2. The van der Waals surface area contributed by atoms with Crippen LogP contribution in [0.2, 0.25) is 0 Å². The second-order valence-electron chi connectivity index (χ2n) is 8.06. The Morgan fingerprint density at radius 3 is 2.31 bits per heavy atom. The number of hydrogen-bond donors (Lipinski definition) is 4. The van der Waals surface area contributed by atoms with Crippen molar-refractivity contribution in [1.29, 1.82) is 0 Å². The number of nitrogens with zero attached hydrogens (tertiary/aromatic N) is 1. The van der Waals surface area contributed by atoms with Gasteiger partial charge < -0.3 is 25.4 Å². The van der Waals surface area contributed by atoms with Gasteiger partial charge in [0.05, 0.1) is 18.2 Å². The summed E-state index contributed by atoms with van der Waals surface area (Å²) in [5.74, 6) is -2.55. The molecule has 1 amide bonds. The zero-order valence-corrected chi connectivity index (χ0v) is 19.1. The number of phenols is 2. The maximum Gasteiger partial charge on any atom is 0.336 e. The van der Waals surface area contributed by atoms with E-state index in [0.29, 0.717) is 22.1 Å². The number of carbonyl (C=O) groups excluding carboxylic acids is 2. The molecule has 0 radical (unpaired) electrons. The Balaban J connectivity index is 1.67. The molecule has 1 atom stereocenters. The Hall–Kier alpha value is -4.92. The summed E-state index contributed by atoms with van der Waals surface area (Å²) in [6.07, 6.45) is 0.0886. The van der Waals surface area contributed by atoms with Gasteiger partial charge in [-0.15, -0.1) is 0 Å². The van der Waals surface area contributed by atoms with E-state index in [0.717, 1.165) is 6.07 Å². The second-order valence-corrected chi connectivity index (χ2v) is 8.06. The number of amides is 1. The number of carboxylic acid groups (broad SMARTS) is 1. The third-order valence-electron chi connectivity index (χ3n) is 5.62. The maximum absolute atomic E-state index is 13.0. The van der Waals surface area contributed by atoms with Gasteiger partial charge in [-0.05, 0) is 59.2 Å². The van der Waals surface area contributed by atoms with Crippen LogP contribution in [0.4, 0.5) is 0 Å². The van der Waals surface area contributed by atoms with Gasteiger partial charge in [-0.25, -0.2) is 14.6 Å². The summed E-state index contributed by atoms with van der Waals surface area (Å²) in [6.45, 7) is 0. The van der Waals surface area contributed by atoms with Crippen LogP contribution in [0.1, 0.15) is 26.4 Å². The molecule has 0 bridgehead atoms. The molecule has 182 valence electrons. The number of phenolic OH excluding ortho intramolecular Hbond substituents is 2. The first kappa shape index (κ1) is 24.2. The molecule has 0 fully saturated rings. The summed E-state index contributed by atoms with van der Waals surface area (Å²) < 4.78 is 4.81. The number of carboxylic acids is 1. The monoisotopic (exact) mass is 486 g/mol. The quantitative estimate of drug-likeness (QED) is 0.290. The van der Waals surface area contributed by atoms with Crippen LogP contribution in [-0.2, 0) is 16.0 Å². The number of methoxy groups -OCH3 is 1. The summed E-state index contributed by atoms with van der Waals surface area (Å²) in [4.78, 5) is 41.7. The van der Waals surface area contributed by atoms with Crippen molar-refractivity contribution in [3.8, 4) is 22.6 Å². The topological polar surface area (TPSA) is 146 Å². The van der Waals surface area contributed by atoms with Crippen LogP contribution in [0, 0.1) is 0 Å². The van der Waals surface area contributed by atoms with Crippen molar-refractivity contribution in [2.45, 2.75) is 12.5 Å². The molecular weight excluding hydrogens is 464 g/mol. The molecule has 0 aliphatic rings. The highest BCUT2D eigenvalue weighted by atomic mass is 16.5. The van der Waals surface area contributed by atoms with Gasteiger partial charge in [0, 0.05) is 11.8 Å². The number of aromatic carboxylic acids is 1. The maximum atomic E-state index is 13.0. The molecule has 1 aromatic heterocycles. The van der Waals surface area contributed by atoms with Crippen LogP contribution in [0.3, 0.4) is 0 Å². The molecule has 0 saturated heterocycles. The number of pyridine rings is 1. The number of aromatic hydroxyl groups is 2. The fourth-order valence-corrected chi connectivity index (χ4v) is 3.82. The zero-order chi connectivity index (χ0) is 25.8. The highest BCUT2D eigenvalue weighted by Crippen LogP contribution is 2.28. The molecule has 36 heavy (non-hydrogen) atoms. The Morgan fingerprint density at radius 2 is 1.64 bits per heavy atom. The first-order valence-electron chi connectivity index (χ1n) is 10.9. The lowest BCUT2D eigenvalue weighted by molar-refractivity contribution is -0.142. The Bertz CT molecular complexity index is 1470. The summed E-state index contributed by atoms with van der Waals surface area (Å²) in [7, 11) is 1.19. The van der Waals surface area contributed by atoms with Crippen molar-refractivity contribution in [3.05, 3.63) is 89.6 Å². The van der Waals surface area contributed by atoms with Crippen molar-refractivity contribution in [1.82, 2.24) is 10.3 Å². The summed E-state index contributed by atoms with van der Waals surface area (Å²) in [5.41, 5.74) is 1.98. The predicted octanol–water partition coefficient (Wildman–Crippen LogP) is 3.53. The van der Waals surface area contributed by atoms with Crippen LogP contribution in [0.15, 0.2) is 72.8 Å². The van der Waals surface area contributed by atoms with E-state index in [4.69, 9.17) is 4.74 Å². The number of rotatable bonds is 7. The molecule has 0 unspecified atom stereocenters. The largest absolute Gasteiger partial charge is 0.508 e. The number of fused-ring (bicyclic) bond motifs is 1. The second kappa shape index (κ2) is 10.1. The van der Waals surface area contributed by atoms with E-state index < -0.39 is 23.9 Å². The molecular formula is C27H22N2O7. The fourth-order valence-electron chi connectivity index (χ4n) is 3.82. The third kappa shape index (κ3) is 5.25. The van der Waals surface area contributed by atoms with Crippen LogP contribution in [0.5, 0.6) is 11.5 Å². The van der Waals surface area contributed by atoms with E-state index in [1.807, 2.05) is 0 Å². The van der Waals surface area contributed by atoms with E-state index >= 15 is 0 Å². The van der Waals surface area contributed by atoms with Crippen LogP contribution in [-0.4, -0.2) is 51.3 Å². The van der Waals surface area contributed by atoms with E-state index in [2.05, 4.69) is 10.3 Å². The van der Waals surface area contributed by atoms with Gasteiger partial charge in [-0.1, -0.05) is 30.3 Å². The summed E-state index contributed by atoms with van der Waals surface area (Å²) >= 11 is 0. The first-order valence-corrected chi connectivity index (χ1v) is 10.9. The number of ether oxygens (including phenoxy) is 1. The SMILES string of the molecule is COC(=O)[C@H](Cc1ccc(O)cc1)NC(=O)c1cc(C(=O)O)c2cc(-c3cccc(O)c3)ccc2n1. The number of aromatic nitrogens is 1. The molecule has 0 aliphatic carbocycles. The fraction of sp³-hybridized carbons (Fsp3) is 0.111. The summed E-state index contributed by atoms with van der Waals surface area (Å²) in [5, 5.41) is 31.9. The van der Waals surface area contributed by atoms with E-state index in [1.165, 1.54) is 25.3 Å². The van der Waals surface area contributed by atoms with Crippen LogP contribution < -0.4 is 5.32 Å². The van der Waals surface area contributed by atoms with Gasteiger partial charge >= 0.3 is 11.9 Å². The van der Waals surface area contributed by atoms with E-state index in [-0.39, 0.29) is 34.7 Å². The number of benzene rings is 3. The number of esters is 1. The Morgan fingerprint density at radius 1 is 0.917 bits per heavy atom. The lowest BCUT2D eigenvalue weighted by Crippen LogP contribution is -2.43. The van der Waals surface area contributed by atoms with E-state index in [1.54, 1.807) is 48.5 Å². The molecule has 9 nitrogen and oxygen atoms in total. The van der Waals surface area contributed by atoms with Crippen molar-refractivity contribution in [2.24, 2.45) is 0 Å². The molecule has 4 aromatic rings. The molecule has 0 aliphatic heterocycles. The van der Waals surface area contributed by atoms with Crippen molar-refractivity contribution in [3.63, 3.8) is 0 Å². The van der Waals surface area contributed by atoms with Crippen molar-refractivity contribution >= 4 is 28.7 Å². The standard InChI is InChI=1S/C27H22N2O7/c1-36-27(35)24(11-15-5-8-18(30)9-6-15)29-25(32)23-14-21(26(33)34)20-13-17(7-10-22(20)28-23)16-3-2-4-19(31)12-16/h2-10,12-14,24,30-31H,11H2,1H3,(H,29,32)(H,33,34)/t24-/m0/s1. The van der Waals surface area contributed by atoms with Gasteiger partial charge in [0.25, 0.3) is 5.91 Å². The Labute approximate surface area is 205 Å². The van der Waals surface area contributed by atoms with E-state index in [9.17, 15) is 29.7 Å². The van der Waals surface area contributed by atoms with Gasteiger partial charge in [0.15, 0.2) is 0 Å². The van der Waals surface area contributed by atoms with Crippen LogP contribution in [0.25, 0.3) is 22.0 Å².